The van der Waals surface area contributed by atoms with Crippen molar-refractivity contribution < 1.29 is 18.7 Å². The Bertz CT molecular complexity index is 465. The van der Waals surface area contributed by atoms with E-state index >= 15 is 0 Å². The van der Waals surface area contributed by atoms with Gasteiger partial charge in [-0.15, -0.1) is 0 Å². The second-order valence-corrected chi connectivity index (χ2v) is 4.98. The van der Waals surface area contributed by atoms with E-state index in [9.17, 15) is 13.6 Å². The van der Waals surface area contributed by atoms with Gasteiger partial charge in [-0.05, 0) is 43.5 Å². The normalized spacial score (nSPS) is 20.4. The highest BCUT2D eigenvalue weighted by Gasteiger charge is 2.24. The fraction of sp³-hybridized carbons (Fsp3) is 0.500. The molecule has 0 amide bonds. The maximum absolute atomic E-state index is 13.0. The van der Waals surface area contributed by atoms with Crippen LogP contribution < -0.4 is 0 Å². The van der Waals surface area contributed by atoms with Crippen LogP contribution in [0.15, 0.2) is 18.2 Å². The first-order valence-corrected chi connectivity index (χ1v) is 6.45. The van der Waals surface area contributed by atoms with Gasteiger partial charge >= 0.3 is 5.97 Å². The Morgan fingerprint density at radius 3 is 2.84 bits per heavy atom. The number of piperidine rings is 1. The summed E-state index contributed by atoms with van der Waals surface area (Å²) >= 11 is 0. The summed E-state index contributed by atoms with van der Waals surface area (Å²) in [5.74, 6) is -2.73. The summed E-state index contributed by atoms with van der Waals surface area (Å²) in [5, 5.41) is 8.99. The van der Waals surface area contributed by atoms with Crippen LogP contribution in [0.2, 0.25) is 0 Å². The molecule has 1 aliphatic rings. The van der Waals surface area contributed by atoms with Crippen LogP contribution in [0.3, 0.4) is 0 Å². The van der Waals surface area contributed by atoms with Gasteiger partial charge in [0.1, 0.15) is 0 Å². The van der Waals surface area contributed by atoms with Gasteiger partial charge in [0.2, 0.25) is 0 Å². The molecule has 0 bridgehead atoms. The minimum Gasteiger partial charge on any atom is -0.481 e. The fourth-order valence-electron chi connectivity index (χ4n) is 2.44. The number of rotatable bonds is 4. The van der Waals surface area contributed by atoms with Crippen molar-refractivity contribution in [2.45, 2.75) is 19.3 Å². The van der Waals surface area contributed by atoms with Gasteiger partial charge in [-0.3, -0.25) is 4.79 Å². The van der Waals surface area contributed by atoms with Crippen LogP contribution in [-0.4, -0.2) is 35.6 Å². The van der Waals surface area contributed by atoms with Crippen LogP contribution in [-0.2, 0) is 11.2 Å². The second-order valence-electron chi connectivity index (χ2n) is 4.98. The van der Waals surface area contributed by atoms with Gasteiger partial charge in [-0.2, -0.15) is 0 Å². The van der Waals surface area contributed by atoms with Crippen LogP contribution >= 0.6 is 0 Å². The zero-order chi connectivity index (χ0) is 13.8. The minimum absolute atomic E-state index is 0.307. The molecule has 1 aromatic carbocycles. The number of halogens is 2. The Balaban J connectivity index is 1.87. The first-order chi connectivity index (χ1) is 9.06. The Morgan fingerprint density at radius 2 is 2.16 bits per heavy atom. The molecule has 1 heterocycles. The summed E-state index contributed by atoms with van der Waals surface area (Å²) in [7, 11) is 0. The average Bonchev–Trinajstić information content (AvgIpc) is 2.40. The average molecular weight is 269 g/mol. The fourth-order valence-corrected chi connectivity index (χ4v) is 2.44. The lowest BCUT2D eigenvalue weighted by atomic mass is 9.98. The van der Waals surface area contributed by atoms with Crippen LogP contribution in [0.1, 0.15) is 18.4 Å². The third-order valence-electron chi connectivity index (χ3n) is 3.56. The van der Waals surface area contributed by atoms with Gasteiger partial charge in [0.25, 0.3) is 0 Å². The standard InChI is InChI=1S/C14H17F2NO2/c15-12-4-3-10(8-13(12)16)5-7-17-6-1-2-11(9-17)14(18)19/h3-4,8,11H,1-2,5-7,9H2,(H,18,19). The van der Waals surface area contributed by atoms with E-state index in [1.54, 1.807) is 6.07 Å². The van der Waals surface area contributed by atoms with Crippen molar-refractivity contribution in [1.82, 2.24) is 4.90 Å². The van der Waals surface area contributed by atoms with Crippen LogP contribution in [0.25, 0.3) is 0 Å². The third kappa shape index (κ3) is 3.73. The topological polar surface area (TPSA) is 40.5 Å². The van der Waals surface area contributed by atoms with Crippen LogP contribution in [0.4, 0.5) is 8.78 Å². The van der Waals surface area contributed by atoms with Crippen molar-refractivity contribution in [1.29, 1.82) is 0 Å². The molecule has 1 fully saturated rings. The van der Waals surface area contributed by atoms with Crippen molar-refractivity contribution >= 4 is 5.97 Å². The van der Waals surface area contributed by atoms with Gasteiger partial charge in [-0.25, -0.2) is 8.78 Å². The molecule has 1 aromatic rings. The number of aliphatic carboxylic acids is 1. The van der Waals surface area contributed by atoms with Crippen LogP contribution in [0.5, 0.6) is 0 Å². The maximum Gasteiger partial charge on any atom is 0.307 e. The predicted molar refractivity (Wildman–Crippen MR) is 66.9 cm³/mol. The quantitative estimate of drug-likeness (QED) is 0.911. The maximum atomic E-state index is 13.0. The zero-order valence-electron chi connectivity index (χ0n) is 10.6. The Labute approximate surface area is 110 Å². The van der Waals surface area contributed by atoms with Gasteiger partial charge in [-0.1, -0.05) is 6.07 Å². The Kier molecular flexibility index (Phi) is 4.47. The van der Waals surface area contributed by atoms with Crippen molar-refractivity contribution in [3.05, 3.63) is 35.4 Å². The summed E-state index contributed by atoms with van der Waals surface area (Å²) in [6.07, 6.45) is 2.19. The Hall–Kier alpha value is -1.49. The number of hydrogen-bond acceptors (Lipinski definition) is 2. The first-order valence-electron chi connectivity index (χ1n) is 6.45. The lowest BCUT2D eigenvalue weighted by Gasteiger charge is -2.30. The van der Waals surface area contributed by atoms with Gasteiger partial charge < -0.3 is 10.0 Å². The van der Waals surface area contributed by atoms with Gasteiger partial charge in [0.05, 0.1) is 5.92 Å². The molecular weight excluding hydrogens is 252 g/mol. The molecule has 1 N–H and O–H groups in total. The van der Waals surface area contributed by atoms with E-state index in [0.29, 0.717) is 19.5 Å². The van der Waals surface area contributed by atoms with E-state index in [4.69, 9.17) is 5.11 Å². The number of carboxylic acids is 1. The molecule has 0 aliphatic carbocycles. The number of hydrogen-bond donors (Lipinski definition) is 1. The van der Waals surface area contributed by atoms with Crippen molar-refractivity contribution in [2.24, 2.45) is 5.92 Å². The molecule has 0 radical (unpaired) electrons. The van der Waals surface area contributed by atoms with Crippen molar-refractivity contribution in [2.75, 3.05) is 19.6 Å². The molecule has 104 valence electrons. The number of nitrogens with zero attached hydrogens (tertiary/aromatic N) is 1. The van der Waals surface area contributed by atoms with E-state index in [0.717, 1.165) is 31.0 Å². The number of likely N-dealkylation sites (tertiary alicyclic amines) is 1. The van der Waals surface area contributed by atoms with E-state index in [2.05, 4.69) is 4.90 Å². The highest BCUT2D eigenvalue weighted by molar-refractivity contribution is 5.70. The minimum atomic E-state index is -0.840. The molecule has 1 unspecified atom stereocenters. The monoisotopic (exact) mass is 269 g/mol. The molecule has 1 aliphatic heterocycles. The van der Waals surface area contributed by atoms with E-state index < -0.39 is 17.6 Å². The summed E-state index contributed by atoms with van der Waals surface area (Å²) in [6, 6.07) is 3.89. The van der Waals surface area contributed by atoms with Crippen molar-refractivity contribution in [3.63, 3.8) is 0 Å². The largest absolute Gasteiger partial charge is 0.481 e. The molecule has 2 rings (SSSR count). The lowest BCUT2D eigenvalue weighted by Crippen LogP contribution is -2.39. The Morgan fingerprint density at radius 1 is 1.37 bits per heavy atom. The molecule has 0 aromatic heterocycles. The van der Waals surface area contributed by atoms with Crippen molar-refractivity contribution in [3.8, 4) is 0 Å². The number of carboxylic acid groups (broad SMARTS) is 1. The summed E-state index contributed by atoms with van der Waals surface area (Å²) in [4.78, 5) is 13.0. The molecule has 1 atom stereocenters. The van der Waals surface area contributed by atoms with Crippen LogP contribution in [0, 0.1) is 17.6 Å². The van der Waals surface area contributed by atoms with Gasteiger partial charge in [0.15, 0.2) is 11.6 Å². The SMILES string of the molecule is O=C(O)C1CCCN(CCc2ccc(F)c(F)c2)C1. The molecule has 0 saturated carbocycles. The molecule has 0 spiro atoms. The smallest absolute Gasteiger partial charge is 0.307 e. The number of benzene rings is 1. The summed E-state index contributed by atoms with van der Waals surface area (Å²) in [6.45, 7) is 2.08. The highest BCUT2D eigenvalue weighted by Crippen LogP contribution is 2.17. The van der Waals surface area contributed by atoms with E-state index in [1.165, 1.54) is 6.07 Å². The summed E-state index contributed by atoms with van der Waals surface area (Å²) < 4.78 is 25.8. The lowest BCUT2D eigenvalue weighted by molar-refractivity contribution is -0.143. The highest BCUT2D eigenvalue weighted by atomic mass is 19.2. The zero-order valence-corrected chi connectivity index (χ0v) is 10.6. The molecular formula is C14H17F2NO2. The predicted octanol–water partition coefficient (Wildman–Crippen LogP) is 2.30. The molecule has 3 nitrogen and oxygen atoms in total. The first kappa shape index (κ1) is 13.9. The van der Waals surface area contributed by atoms with Gasteiger partial charge in [0, 0.05) is 13.1 Å². The molecule has 1 saturated heterocycles. The van der Waals surface area contributed by atoms with E-state index in [-0.39, 0.29) is 5.92 Å². The second kappa shape index (κ2) is 6.10. The molecule has 5 heteroatoms. The molecule has 19 heavy (non-hydrogen) atoms. The summed E-state index contributed by atoms with van der Waals surface area (Å²) in [5.41, 5.74) is 0.733. The third-order valence-corrected chi connectivity index (χ3v) is 3.56. The van der Waals surface area contributed by atoms with E-state index in [1.807, 2.05) is 0 Å². The number of carbonyl (C=O) groups is 1.